The number of carbonyl (C=O) groups is 2. The van der Waals surface area contributed by atoms with E-state index in [4.69, 9.17) is 0 Å². The van der Waals surface area contributed by atoms with E-state index in [1.165, 1.54) is 0 Å². The number of hydrogen-bond acceptors (Lipinski definition) is 4. The summed E-state index contributed by atoms with van der Waals surface area (Å²) in [5, 5.41) is 9.46. The molecule has 0 saturated heterocycles. The summed E-state index contributed by atoms with van der Waals surface area (Å²) in [6.07, 6.45) is -1.68. The van der Waals surface area contributed by atoms with Gasteiger partial charge in [-0.1, -0.05) is 34.1 Å². The number of esters is 1. The molecule has 0 aliphatic carbocycles. The van der Waals surface area contributed by atoms with Gasteiger partial charge in [-0.15, -0.1) is 0 Å². The van der Waals surface area contributed by atoms with Crippen molar-refractivity contribution in [2.24, 2.45) is 0 Å². The number of rotatable bonds is 5. The Morgan fingerprint density at radius 2 is 2.06 bits per heavy atom. The van der Waals surface area contributed by atoms with Crippen molar-refractivity contribution in [2.45, 2.75) is 19.4 Å². The van der Waals surface area contributed by atoms with Gasteiger partial charge in [-0.3, -0.25) is 4.79 Å². The van der Waals surface area contributed by atoms with E-state index in [1.54, 1.807) is 31.2 Å². The number of carbonyl (C=O) groups excluding carboxylic acids is 2. The van der Waals surface area contributed by atoms with Gasteiger partial charge in [-0.2, -0.15) is 0 Å². The number of ether oxygens (including phenoxy) is 1. The molecule has 0 radical (unpaired) electrons. The Morgan fingerprint density at radius 1 is 1.41 bits per heavy atom. The minimum absolute atomic E-state index is 0.180. The van der Waals surface area contributed by atoms with Crippen molar-refractivity contribution in [1.82, 2.24) is 0 Å². The third-order valence-corrected chi connectivity index (χ3v) is 2.80. The molecule has 0 fully saturated rings. The van der Waals surface area contributed by atoms with Crippen molar-refractivity contribution in [1.29, 1.82) is 0 Å². The van der Waals surface area contributed by atoms with Gasteiger partial charge in [-0.05, 0) is 13.0 Å². The SMILES string of the molecule is CCOC(=O)[C@@H](O)CC(=O)c1ccccc1Br. The Bertz CT molecular complexity index is 417. The average Bonchev–Trinajstić information content (AvgIpc) is 2.29. The standard InChI is InChI=1S/C12H13BrO4/c1-2-17-12(16)11(15)7-10(14)8-5-3-4-6-9(8)13/h3-6,11,15H,2,7H2,1H3/t11-/m0/s1. The number of hydrogen-bond donors (Lipinski definition) is 1. The van der Waals surface area contributed by atoms with Crippen molar-refractivity contribution < 1.29 is 19.4 Å². The van der Waals surface area contributed by atoms with Crippen LogP contribution in [-0.2, 0) is 9.53 Å². The lowest BCUT2D eigenvalue weighted by Crippen LogP contribution is -2.26. The van der Waals surface area contributed by atoms with Crippen molar-refractivity contribution in [3.05, 3.63) is 34.3 Å². The Balaban J connectivity index is 2.67. The summed E-state index contributed by atoms with van der Waals surface area (Å²) in [6.45, 7) is 1.82. The molecule has 1 rings (SSSR count). The smallest absolute Gasteiger partial charge is 0.335 e. The molecule has 0 bridgehead atoms. The molecule has 92 valence electrons. The number of aliphatic hydroxyl groups is 1. The van der Waals surface area contributed by atoms with Crippen molar-refractivity contribution in [3.63, 3.8) is 0 Å². The van der Waals surface area contributed by atoms with Crippen LogP contribution in [0.5, 0.6) is 0 Å². The molecule has 0 aromatic heterocycles. The number of halogens is 1. The first-order valence-electron chi connectivity index (χ1n) is 5.18. The molecule has 1 aromatic rings. The fraction of sp³-hybridized carbons (Fsp3) is 0.333. The van der Waals surface area contributed by atoms with E-state index in [0.717, 1.165) is 0 Å². The van der Waals surface area contributed by atoms with Gasteiger partial charge in [0.1, 0.15) is 0 Å². The second kappa shape index (κ2) is 6.51. The van der Waals surface area contributed by atoms with Crippen LogP contribution in [0.25, 0.3) is 0 Å². The molecular weight excluding hydrogens is 288 g/mol. The van der Waals surface area contributed by atoms with Gasteiger partial charge in [0.2, 0.25) is 0 Å². The average molecular weight is 301 g/mol. The molecule has 0 spiro atoms. The quantitative estimate of drug-likeness (QED) is 0.667. The van der Waals surface area contributed by atoms with Crippen LogP contribution in [0.15, 0.2) is 28.7 Å². The summed E-state index contributed by atoms with van der Waals surface area (Å²) in [6, 6.07) is 6.85. The molecule has 0 unspecified atom stereocenters. The Kier molecular flexibility index (Phi) is 5.31. The van der Waals surface area contributed by atoms with Crippen molar-refractivity contribution in [2.75, 3.05) is 6.61 Å². The molecule has 5 heteroatoms. The minimum Gasteiger partial charge on any atom is -0.464 e. The summed E-state index contributed by atoms with van der Waals surface area (Å²) in [7, 11) is 0. The number of Topliss-reactive ketones (excluding diaryl/α,β-unsaturated/α-hetero) is 1. The van der Waals surface area contributed by atoms with Crippen LogP contribution in [0.3, 0.4) is 0 Å². The highest BCUT2D eigenvalue weighted by Gasteiger charge is 2.21. The number of aliphatic hydroxyl groups excluding tert-OH is 1. The normalized spacial score (nSPS) is 11.9. The maximum atomic E-state index is 11.8. The van der Waals surface area contributed by atoms with Crippen LogP contribution < -0.4 is 0 Å². The third-order valence-electron chi connectivity index (χ3n) is 2.11. The van der Waals surface area contributed by atoms with E-state index in [2.05, 4.69) is 20.7 Å². The van der Waals surface area contributed by atoms with Gasteiger partial charge in [0, 0.05) is 16.5 Å². The second-order valence-corrected chi connectivity index (χ2v) is 4.23. The summed E-state index contributed by atoms with van der Waals surface area (Å²) < 4.78 is 5.26. The summed E-state index contributed by atoms with van der Waals surface area (Å²) in [5.74, 6) is -1.08. The number of benzene rings is 1. The van der Waals surface area contributed by atoms with E-state index in [0.29, 0.717) is 10.0 Å². The molecule has 0 aliphatic heterocycles. The monoisotopic (exact) mass is 300 g/mol. The van der Waals surface area contributed by atoms with Crippen molar-refractivity contribution in [3.8, 4) is 0 Å². The van der Waals surface area contributed by atoms with Gasteiger partial charge in [-0.25, -0.2) is 4.79 Å². The summed E-state index contributed by atoms with van der Waals surface area (Å²) >= 11 is 3.24. The molecule has 0 aliphatic rings. The van der Waals surface area contributed by atoms with Crippen molar-refractivity contribution >= 4 is 27.7 Å². The Hall–Kier alpha value is -1.20. The van der Waals surface area contributed by atoms with Gasteiger partial charge >= 0.3 is 5.97 Å². The van der Waals surface area contributed by atoms with Gasteiger partial charge in [0.25, 0.3) is 0 Å². The van der Waals surface area contributed by atoms with Crippen LogP contribution in [0.2, 0.25) is 0 Å². The fourth-order valence-electron chi connectivity index (χ4n) is 1.29. The van der Waals surface area contributed by atoms with Crippen LogP contribution in [0.1, 0.15) is 23.7 Å². The van der Waals surface area contributed by atoms with E-state index < -0.39 is 12.1 Å². The van der Waals surface area contributed by atoms with Crippen LogP contribution in [0.4, 0.5) is 0 Å². The highest BCUT2D eigenvalue weighted by atomic mass is 79.9. The first-order valence-corrected chi connectivity index (χ1v) is 5.98. The Labute approximate surface area is 108 Å². The zero-order valence-electron chi connectivity index (χ0n) is 9.35. The topological polar surface area (TPSA) is 63.6 Å². The second-order valence-electron chi connectivity index (χ2n) is 3.37. The lowest BCUT2D eigenvalue weighted by atomic mass is 10.1. The highest BCUT2D eigenvalue weighted by Crippen LogP contribution is 2.18. The lowest BCUT2D eigenvalue weighted by Gasteiger charge is -2.09. The largest absolute Gasteiger partial charge is 0.464 e. The van der Waals surface area contributed by atoms with E-state index in [9.17, 15) is 14.7 Å². The first-order chi connectivity index (χ1) is 8.06. The predicted molar refractivity (Wildman–Crippen MR) is 65.7 cm³/mol. The van der Waals surface area contributed by atoms with E-state index >= 15 is 0 Å². The zero-order chi connectivity index (χ0) is 12.8. The van der Waals surface area contributed by atoms with E-state index in [-0.39, 0.29) is 18.8 Å². The van der Waals surface area contributed by atoms with Crippen LogP contribution in [0, 0.1) is 0 Å². The fourth-order valence-corrected chi connectivity index (χ4v) is 1.80. The molecule has 1 N–H and O–H groups in total. The number of ketones is 1. The van der Waals surface area contributed by atoms with Crippen LogP contribution in [-0.4, -0.2) is 29.6 Å². The molecule has 0 heterocycles. The maximum absolute atomic E-state index is 11.8. The van der Waals surface area contributed by atoms with E-state index in [1.807, 2.05) is 0 Å². The maximum Gasteiger partial charge on any atom is 0.335 e. The van der Waals surface area contributed by atoms with Gasteiger partial charge < -0.3 is 9.84 Å². The molecule has 0 amide bonds. The zero-order valence-corrected chi connectivity index (χ0v) is 10.9. The first kappa shape index (κ1) is 13.9. The Morgan fingerprint density at radius 3 is 2.65 bits per heavy atom. The molecule has 0 saturated carbocycles. The minimum atomic E-state index is -1.41. The summed E-state index contributed by atoms with van der Waals surface area (Å²) in [5.41, 5.74) is 0.441. The van der Waals surface area contributed by atoms with Gasteiger partial charge in [0.15, 0.2) is 11.9 Å². The molecular formula is C12H13BrO4. The molecule has 17 heavy (non-hydrogen) atoms. The molecule has 4 nitrogen and oxygen atoms in total. The third kappa shape index (κ3) is 3.94. The van der Waals surface area contributed by atoms with Crippen LogP contribution >= 0.6 is 15.9 Å². The lowest BCUT2D eigenvalue weighted by molar-refractivity contribution is -0.152. The highest BCUT2D eigenvalue weighted by molar-refractivity contribution is 9.10. The van der Waals surface area contributed by atoms with Gasteiger partial charge in [0.05, 0.1) is 6.61 Å². The molecule has 1 aromatic carbocycles. The molecule has 1 atom stereocenters. The predicted octanol–water partition coefficient (Wildman–Crippen LogP) is 1.95. The summed E-state index contributed by atoms with van der Waals surface area (Å²) in [4.78, 5) is 22.9.